The SMILES string of the molecule is [2H]c1c([2H])c([2H])c(-c2nc(-c3ccc(-n4c5ccccc5c5ccc6c(c7ccccc7n6-c6ccccc6)c54)c(C#N)c3)nc(-c3ccc4oc5ccccc5c4c3)n2)c([2H])c1[2H]. The van der Waals surface area contributed by atoms with Gasteiger partial charge in [-0.2, -0.15) is 5.26 Å². The normalized spacial score (nSPS) is 12.9. The molecule has 0 atom stereocenters. The molecular weight excluding hydrogens is 725 g/mol. The summed E-state index contributed by atoms with van der Waals surface area (Å²) in [5.74, 6) is 0.264. The van der Waals surface area contributed by atoms with Crippen LogP contribution in [0.3, 0.4) is 0 Å². The van der Waals surface area contributed by atoms with Crippen molar-refractivity contribution in [3.05, 3.63) is 187 Å². The maximum Gasteiger partial charge on any atom is 0.164 e. The van der Waals surface area contributed by atoms with Gasteiger partial charge in [-0.15, -0.1) is 0 Å². The fourth-order valence-electron chi connectivity index (χ4n) is 8.55. The van der Waals surface area contributed by atoms with Crippen LogP contribution in [0.4, 0.5) is 0 Å². The van der Waals surface area contributed by atoms with Gasteiger partial charge in [-0.05, 0) is 72.8 Å². The number of para-hydroxylation sites is 4. The summed E-state index contributed by atoms with van der Waals surface area (Å²) >= 11 is 0. The van der Waals surface area contributed by atoms with Crippen LogP contribution < -0.4 is 0 Å². The van der Waals surface area contributed by atoms with Gasteiger partial charge in [-0.1, -0.05) is 109 Å². The number of hydrogen-bond acceptors (Lipinski definition) is 5. The Morgan fingerprint density at radius 1 is 0.492 bits per heavy atom. The second-order valence-corrected chi connectivity index (χ2v) is 14.4. The van der Waals surface area contributed by atoms with E-state index in [-0.39, 0.29) is 23.0 Å². The molecule has 0 amide bonds. The summed E-state index contributed by atoms with van der Waals surface area (Å²) in [5.41, 5.74) is 8.32. The van der Waals surface area contributed by atoms with Crippen LogP contribution >= 0.6 is 0 Å². The van der Waals surface area contributed by atoms with Gasteiger partial charge in [0.25, 0.3) is 0 Å². The van der Waals surface area contributed by atoms with E-state index in [4.69, 9.17) is 26.2 Å². The van der Waals surface area contributed by atoms with Gasteiger partial charge in [-0.3, -0.25) is 0 Å². The predicted octanol–water partition coefficient (Wildman–Crippen LogP) is 12.8. The molecule has 0 spiro atoms. The number of rotatable bonds is 5. The minimum atomic E-state index is -0.522. The van der Waals surface area contributed by atoms with Crippen molar-refractivity contribution in [2.24, 2.45) is 0 Å². The van der Waals surface area contributed by atoms with E-state index in [2.05, 4.69) is 69.8 Å². The second-order valence-electron chi connectivity index (χ2n) is 14.4. The van der Waals surface area contributed by atoms with Crippen molar-refractivity contribution in [3.63, 3.8) is 0 Å². The highest BCUT2D eigenvalue weighted by Gasteiger charge is 2.23. The van der Waals surface area contributed by atoms with E-state index in [1.54, 1.807) is 6.07 Å². The molecule has 4 heterocycles. The molecule has 12 rings (SSSR count). The number of hydrogen-bond donors (Lipinski definition) is 0. The molecule has 12 aromatic rings. The molecule has 0 aliphatic carbocycles. The second kappa shape index (κ2) is 12.8. The molecule has 59 heavy (non-hydrogen) atoms. The zero-order valence-electron chi connectivity index (χ0n) is 36.0. The first-order valence-corrected chi connectivity index (χ1v) is 19.1. The molecule has 0 aliphatic heterocycles. The summed E-state index contributed by atoms with van der Waals surface area (Å²) in [5, 5.41) is 17.0. The molecule has 0 fully saturated rings. The molecule has 4 aromatic heterocycles. The predicted molar refractivity (Wildman–Crippen MR) is 237 cm³/mol. The number of nitrogens with zero attached hydrogens (tertiary/aromatic N) is 6. The zero-order valence-corrected chi connectivity index (χ0v) is 31.0. The molecule has 0 radical (unpaired) electrons. The highest BCUT2D eigenvalue weighted by molar-refractivity contribution is 6.26. The minimum Gasteiger partial charge on any atom is -0.456 e. The lowest BCUT2D eigenvalue weighted by molar-refractivity contribution is 0.669. The average Bonchev–Trinajstić information content (AvgIpc) is 4.00. The van der Waals surface area contributed by atoms with Crippen LogP contribution in [0.15, 0.2) is 186 Å². The number of benzene rings is 8. The van der Waals surface area contributed by atoms with E-state index in [0.717, 1.165) is 65.7 Å². The van der Waals surface area contributed by atoms with Crippen molar-refractivity contribution in [2.75, 3.05) is 0 Å². The van der Waals surface area contributed by atoms with Gasteiger partial charge < -0.3 is 13.6 Å². The Kier molecular flexibility index (Phi) is 6.12. The average molecular weight is 760 g/mol. The minimum absolute atomic E-state index is 0.101. The monoisotopic (exact) mass is 759 g/mol. The fourth-order valence-corrected chi connectivity index (χ4v) is 8.55. The third-order valence-electron chi connectivity index (χ3n) is 11.1. The zero-order chi connectivity index (χ0) is 43.4. The summed E-state index contributed by atoms with van der Waals surface area (Å²) in [6, 6.07) is 50.0. The Bertz CT molecular complexity index is 3970. The molecule has 0 unspecified atom stereocenters. The van der Waals surface area contributed by atoms with Gasteiger partial charge in [0.15, 0.2) is 17.5 Å². The quantitative estimate of drug-likeness (QED) is 0.174. The maximum absolute atomic E-state index is 11.0. The van der Waals surface area contributed by atoms with Crippen molar-refractivity contribution in [3.8, 4) is 51.6 Å². The summed E-state index contributed by atoms with van der Waals surface area (Å²) in [7, 11) is 0. The lowest BCUT2D eigenvalue weighted by Gasteiger charge is -2.13. The molecule has 8 aromatic carbocycles. The first-order valence-electron chi connectivity index (χ1n) is 21.6. The van der Waals surface area contributed by atoms with E-state index in [1.165, 1.54) is 0 Å². The molecule has 0 saturated heterocycles. The molecular formula is C52H30N6O. The topological polar surface area (TPSA) is 85.5 Å². The van der Waals surface area contributed by atoms with Crippen LogP contribution in [-0.4, -0.2) is 24.1 Å². The van der Waals surface area contributed by atoms with Gasteiger partial charge in [-0.25, -0.2) is 15.0 Å². The Balaban J connectivity index is 1.10. The van der Waals surface area contributed by atoms with E-state index in [1.807, 2.05) is 91.0 Å². The van der Waals surface area contributed by atoms with Gasteiger partial charge in [0.05, 0.1) is 40.2 Å². The van der Waals surface area contributed by atoms with Crippen molar-refractivity contribution in [1.82, 2.24) is 24.1 Å². The Labute approximate surface area is 344 Å². The van der Waals surface area contributed by atoms with Crippen LogP contribution in [0.2, 0.25) is 0 Å². The van der Waals surface area contributed by atoms with Crippen LogP contribution in [-0.2, 0) is 0 Å². The van der Waals surface area contributed by atoms with Crippen molar-refractivity contribution in [2.45, 2.75) is 0 Å². The molecule has 7 heteroatoms. The first-order chi connectivity index (χ1) is 31.3. The van der Waals surface area contributed by atoms with Crippen molar-refractivity contribution >= 4 is 65.6 Å². The van der Waals surface area contributed by atoms with Crippen LogP contribution in [0.25, 0.3) is 111 Å². The number of fused-ring (bicyclic) bond motifs is 10. The van der Waals surface area contributed by atoms with Crippen LogP contribution in [0.5, 0.6) is 0 Å². The van der Waals surface area contributed by atoms with E-state index in [0.29, 0.717) is 28.0 Å². The summed E-state index contributed by atoms with van der Waals surface area (Å²) in [4.78, 5) is 14.5. The fraction of sp³-hybridized carbons (Fsp3) is 0. The number of aromatic nitrogens is 5. The van der Waals surface area contributed by atoms with E-state index >= 15 is 0 Å². The van der Waals surface area contributed by atoms with E-state index in [9.17, 15) is 5.26 Å². The molecule has 0 saturated carbocycles. The van der Waals surface area contributed by atoms with Gasteiger partial charge in [0, 0.05) is 54.7 Å². The van der Waals surface area contributed by atoms with Crippen molar-refractivity contribution in [1.29, 1.82) is 5.26 Å². The maximum atomic E-state index is 11.0. The Hall–Kier alpha value is -8.34. The highest BCUT2D eigenvalue weighted by Crippen LogP contribution is 2.43. The molecule has 7 nitrogen and oxygen atoms in total. The van der Waals surface area contributed by atoms with Gasteiger partial charge in [0.1, 0.15) is 17.2 Å². The molecule has 0 N–H and O–H groups in total. The van der Waals surface area contributed by atoms with Crippen LogP contribution in [0, 0.1) is 11.3 Å². The third kappa shape index (κ3) is 5.04. The first kappa shape index (κ1) is 28.1. The standard InChI is InChI=1S/C52H30N6O/c53-31-35-29-33(51-54-50(32-13-3-1-4-14-32)55-52(56-51)34-24-28-47-41(30-34)38-18-9-12-22-46(38)59-47)23-26-42(35)58-43-20-10-7-17-37(43)39-25-27-45-48(49(39)58)40-19-8-11-21-44(40)57(45)36-15-5-2-6-16-36/h1-30H/i1D,3D,4D,13D,14D. The number of furan rings is 1. The Morgan fingerprint density at radius 2 is 1.12 bits per heavy atom. The molecule has 0 aliphatic rings. The van der Waals surface area contributed by atoms with Gasteiger partial charge in [0.2, 0.25) is 0 Å². The smallest absolute Gasteiger partial charge is 0.164 e. The molecule has 274 valence electrons. The lowest BCUT2D eigenvalue weighted by Crippen LogP contribution is -2.02. The summed E-state index contributed by atoms with van der Waals surface area (Å²) < 4.78 is 53.3. The Morgan fingerprint density at radius 3 is 1.90 bits per heavy atom. The highest BCUT2D eigenvalue weighted by atomic mass is 16.3. The largest absolute Gasteiger partial charge is 0.456 e. The lowest BCUT2D eigenvalue weighted by atomic mass is 10.1. The molecule has 0 bridgehead atoms. The summed E-state index contributed by atoms with van der Waals surface area (Å²) in [6.07, 6.45) is 0. The summed E-state index contributed by atoms with van der Waals surface area (Å²) in [6.45, 7) is 0. The van der Waals surface area contributed by atoms with E-state index < -0.39 is 30.2 Å². The third-order valence-corrected chi connectivity index (χ3v) is 11.1. The van der Waals surface area contributed by atoms with Crippen molar-refractivity contribution < 1.29 is 11.3 Å². The number of nitriles is 1. The van der Waals surface area contributed by atoms with Crippen LogP contribution in [0.1, 0.15) is 12.4 Å². The van der Waals surface area contributed by atoms with Gasteiger partial charge >= 0.3 is 0 Å².